The van der Waals surface area contributed by atoms with Crippen molar-refractivity contribution < 1.29 is 13.9 Å². The second kappa shape index (κ2) is 7.08. The molecule has 1 aliphatic rings. The number of carbonyl (C=O) groups excluding carboxylic acids is 1. The molecule has 4 nitrogen and oxygen atoms in total. The predicted molar refractivity (Wildman–Crippen MR) is 92.0 cm³/mol. The summed E-state index contributed by atoms with van der Waals surface area (Å²) in [7, 11) is 1.57. The highest BCUT2D eigenvalue weighted by atomic mass is 19.1. The molecule has 0 fully saturated rings. The van der Waals surface area contributed by atoms with Gasteiger partial charge in [-0.05, 0) is 36.2 Å². The van der Waals surface area contributed by atoms with Gasteiger partial charge >= 0.3 is 0 Å². The quantitative estimate of drug-likeness (QED) is 0.927. The molecule has 1 heterocycles. The number of rotatable bonds is 4. The van der Waals surface area contributed by atoms with Crippen molar-refractivity contribution in [2.45, 2.75) is 12.5 Å². The van der Waals surface area contributed by atoms with Crippen molar-refractivity contribution in [2.75, 3.05) is 12.4 Å². The third-order valence-corrected chi connectivity index (χ3v) is 3.78. The molecular weight excluding hydrogens is 307 g/mol. The summed E-state index contributed by atoms with van der Waals surface area (Å²) >= 11 is 0. The third-order valence-electron chi connectivity index (χ3n) is 3.78. The van der Waals surface area contributed by atoms with Crippen molar-refractivity contribution in [3.05, 3.63) is 71.6 Å². The van der Waals surface area contributed by atoms with Crippen LogP contribution in [-0.4, -0.2) is 19.2 Å². The minimum absolute atomic E-state index is 0.158. The van der Waals surface area contributed by atoms with E-state index in [9.17, 15) is 9.18 Å². The first-order valence-corrected chi connectivity index (χ1v) is 7.60. The van der Waals surface area contributed by atoms with Crippen molar-refractivity contribution in [1.29, 1.82) is 0 Å². The number of nitrogens with zero attached hydrogens (tertiary/aromatic N) is 1. The molecule has 1 amide bonds. The van der Waals surface area contributed by atoms with E-state index in [-0.39, 0.29) is 17.8 Å². The van der Waals surface area contributed by atoms with Gasteiger partial charge in [0.1, 0.15) is 11.6 Å². The third kappa shape index (κ3) is 3.68. The Morgan fingerprint density at radius 3 is 2.79 bits per heavy atom. The van der Waals surface area contributed by atoms with Gasteiger partial charge in [-0.15, -0.1) is 0 Å². The van der Waals surface area contributed by atoms with Crippen LogP contribution in [0.25, 0.3) is 0 Å². The summed E-state index contributed by atoms with van der Waals surface area (Å²) in [6.45, 7) is 0. The van der Waals surface area contributed by atoms with E-state index in [1.807, 2.05) is 12.1 Å². The molecule has 122 valence electrons. The fourth-order valence-corrected chi connectivity index (χ4v) is 2.51. The Morgan fingerprint density at radius 2 is 2.08 bits per heavy atom. The van der Waals surface area contributed by atoms with Crippen LogP contribution in [0.4, 0.5) is 10.1 Å². The van der Waals surface area contributed by atoms with Crippen LogP contribution in [0.3, 0.4) is 0 Å². The molecule has 2 aromatic rings. The number of benzene rings is 2. The number of aliphatic imine (C=N–C) groups is 1. The normalized spacial score (nSPS) is 16.4. The average Bonchev–Trinajstić information content (AvgIpc) is 2.62. The lowest BCUT2D eigenvalue weighted by molar-refractivity contribution is -0.112. The highest BCUT2D eigenvalue weighted by molar-refractivity contribution is 6.18. The number of halogens is 1. The Labute approximate surface area is 139 Å². The summed E-state index contributed by atoms with van der Waals surface area (Å²) in [5, 5.41) is 2.81. The summed E-state index contributed by atoms with van der Waals surface area (Å²) in [4.78, 5) is 16.7. The van der Waals surface area contributed by atoms with E-state index in [2.05, 4.69) is 10.3 Å². The largest absolute Gasteiger partial charge is 0.497 e. The molecule has 0 aliphatic carbocycles. The first-order valence-electron chi connectivity index (χ1n) is 7.60. The summed E-state index contributed by atoms with van der Waals surface area (Å²) in [6.07, 6.45) is 3.91. The Bertz CT molecular complexity index is 815. The smallest absolute Gasteiger partial charge is 0.256 e. The van der Waals surface area contributed by atoms with E-state index in [0.717, 1.165) is 5.56 Å². The lowest BCUT2D eigenvalue weighted by Crippen LogP contribution is -2.17. The van der Waals surface area contributed by atoms with Crippen LogP contribution in [-0.2, 0) is 4.79 Å². The molecule has 0 spiro atoms. The van der Waals surface area contributed by atoms with Crippen LogP contribution in [0, 0.1) is 5.82 Å². The SMILES string of the molecule is COc1cccc(NC(=O)C2=CCC(c3cccc(F)c3)N=C2)c1. The second-order valence-electron chi connectivity index (χ2n) is 5.43. The van der Waals surface area contributed by atoms with Crippen LogP contribution in [0.5, 0.6) is 5.75 Å². The van der Waals surface area contributed by atoms with E-state index >= 15 is 0 Å². The second-order valence-corrected chi connectivity index (χ2v) is 5.43. The van der Waals surface area contributed by atoms with Crippen LogP contribution >= 0.6 is 0 Å². The zero-order valence-corrected chi connectivity index (χ0v) is 13.2. The maximum Gasteiger partial charge on any atom is 0.256 e. The van der Waals surface area contributed by atoms with Crippen LogP contribution in [0.2, 0.25) is 0 Å². The average molecular weight is 324 g/mol. The predicted octanol–water partition coefficient (Wildman–Crippen LogP) is 3.92. The number of anilines is 1. The number of ether oxygens (including phenoxy) is 1. The minimum atomic E-state index is -0.284. The lowest BCUT2D eigenvalue weighted by atomic mass is 10.00. The van der Waals surface area contributed by atoms with Gasteiger partial charge in [0, 0.05) is 18.0 Å². The van der Waals surface area contributed by atoms with Gasteiger partial charge in [-0.2, -0.15) is 0 Å². The lowest BCUT2D eigenvalue weighted by Gasteiger charge is -2.16. The molecule has 5 heteroatoms. The van der Waals surface area contributed by atoms with Crippen LogP contribution in [0.15, 0.2) is 65.2 Å². The molecule has 1 unspecified atom stereocenters. The maximum atomic E-state index is 13.3. The molecule has 0 aromatic heterocycles. The standard InChI is InChI=1S/C19H17FN2O2/c1-24-17-7-3-6-16(11-17)22-19(23)14-8-9-18(21-12-14)13-4-2-5-15(20)10-13/h2-8,10-12,18H,9H2,1H3,(H,22,23). The first-order chi connectivity index (χ1) is 11.7. The van der Waals surface area contributed by atoms with Crippen molar-refractivity contribution in [2.24, 2.45) is 4.99 Å². The summed E-state index contributed by atoms with van der Waals surface area (Å²) in [6, 6.07) is 13.3. The fourth-order valence-electron chi connectivity index (χ4n) is 2.51. The van der Waals surface area contributed by atoms with Crippen molar-refractivity contribution in [1.82, 2.24) is 0 Å². The number of hydrogen-bond acceptors (Lipinski definition) is 3. The number of dihydropyridines is 1. The van der Waals surface area contributed by atoms with Crippen molar-refractivity contribution >= 4 is 17.8 Å². The Balaban J connectivity index is 1.66. The molecule has 1 atom stereocenters. The topological polar surface area (TPSA) is 50.7 Å². The monoisotopic (exact) mass is 324 g/mol. The van der Waals surface area contributed by atoms with E-state index in [4.69, 9.17) is 4.74 Å². The Kier molecular flexibility index (Phi) is 4.70. The number of nitrogens with one attached hydrogen (secondary N) is 1. The summed E-state index contributed by atoms with van der Waals surface area (Å²) in [5.41, 5.74) is 1.95. The zero-order valence-electron chi connectivity index (χ0n) is 13.2. The van der Waals surface area contributed by atoms with E-state index in [0.29, 0.717) is 23.4 Å². The molecule has 0 radical (unpaired) electrons. The molecule has 0 saturated carbocycles. The van der Waals surface area contributed by atoms with Gasteiger partial charge in [-0.1, -0.05) is 24.3 Å². The van der Waals surface area contributed by atoms with E-state index in [1.165, 1.54) is 18.3 Å². The summed E-state index contributed by atoms with van der Waals surface area (Å²) < 4.78 is 18.4. The number of carbonyl (C=O) groups is 1. The van der Waals surface area contributed by atoms with Crippen LogP contribution < -0.4 is 10.1 Å². The highest BCUT2D eigenvalue weighted by Gasteiger charge is 2.16. The summed E-state index contributed by atoms with van der Waals surface area (Å²) in [5.74, 6) is 0.156. The Hall–Kier alpha value is -2.95. The van der Waals surface area contributed by atoms with Crippen LogP contribution in [0.1, 0.15) is 18.0 Å². The van der Waals surface area contributed by atoms with Gasteiger partial charge in [0.2, 0.25) is 0 Å². The van der Waals surface area contributed by atoms with Gasteiger partial charge in [-0.25, -0.2) is 4.39 Å². The molecule has 24 heavy (non-hydrogen) atoms. The van der Waals surface area contributed by atoms with Gasteiger partial charge in [0.15, 0.2) is 0 Å². The van der Waals surface area contributed by atoms with Gasteiger partial charge < -0.3 is 10.1 Å². The molecular formula is C19H17FN2O2. The zero-order chi connectivity index (χ0) is 16.9. The van der Waals surface area contributed by atoms with Gasteiger partial charge in [0.25, 0.3) is 5.91 Å². The van der Waals surface area contributed by atoms with Gasteiger partial charge in [0.05, 0.1) is 18.7 Å². The van der Waals surface area contributed by atoms with E-state index < -0.39 is 0 Å². The first kappa shape index (κ1) is 15.9. The molecule has 1 aliphatic heterocycles. The highest BCUT2D eigenvalue weighted by Crippen LogP contribution is 2.26. The molecule has 0 bridgehead atoms. The number of amides is 1. The minimum Gasteiger partial charge on any atom is -0.497 e. The number of methoxy groups -OCH3 is 1. The maximum absolute atomic E-state index is 13.3. The van der Waals surface area contributed by atoms with Gasteiger partial charge in [-0.3, -0.25) is 9.79 Å². The Morgan fingerprint density at radius 1 is 1.25 bits per heavy atom. The molecule has 2 aromatic carbocycles. The molecule has 1 N–H and O–H groups in total. The fraction of sp³-hybridized carbons (Fsp3) is 0.158. The van der Waals surface area contributed by atoms with E-state index in [1.54, 1.807) is 37.4 Å². The molecule has 0 saturated heterocycles. The molecule has 3 rings (SSSR count). The van der Waals surface area contributed by atoms with Crippen molar-refractivity contribution in [3.63, 3.8) is 0 Å². The number of hydrogen-bond donors (Lipinski definition) is 1. The van der Waals surface area contributed by atoms with Crippen molar-refractivity contribution in [3.8, 4) is 5.75 Å².